The summed E-state index contributed by atoms with van der Waals surface area (Å²) in [5.74, 6) is 2.29. The Balaban J connectivity index is 2.15. The van der Waals surface area contributed by atoms with Gasteiger partial charge in [-0.25, -0.2) is 0 Å². The van der Waals surface area contributed by atoms with E-state index in [2.05, 4.69) is 42.3 Å². The number of anilines is 1. The zero-order chi connectivity index (χ0) is 14.4. The van der Waals surface area contributed by atoms with Crippen LogP contribution in [-0.2, 0) is 6.54 Å². The van der Waals surface area contributed by atoms with E-state index in [4.69, 9.17) is 0 Å². The zero-order valence-electron chi connectivity index (χ0n) is 12.4. The Labute approximate surface area is 126 Å². The lowest BCUT2D eigenvalue weighted by atomic mass is 10.1. The fraction of sp³-hybridized carbons (Fsp3) is 0.562. The van der Waals surface area contributed by atoms with Crippen LogP contribution in [0.1, 0.15) is 31.4 Å². The van der Waals surface area contributed by atoms with Gasteiger partial charge >= 0.3 is 0 Å². The van der Waals surface area contributed by atoms with Crippen LogP contribution in [0.25, 0.3) is 0 Å². The van der Waals surface area contributed by atoms with Gasteiger partial charge in [0.2, 0.25) is 0 Å². The van der Waals surface area contributed by atoms with Gasteiger partial charge in [0.15, 0.2) is 0 Å². The summed E-state index contributed by atoms with van der Waals surface area (Å²) in [6.45, 7) is 7.29. The normalized spacial score (nSPS) is 18.9. The first kappa shape index (κ1) is 15.2. The molecule has 0 bridgehead atoms. The molecule has 1 atom stereocenters. The van der Waals surface area contributed by atoms with Crippen LogP contribution < -0.4 is 10.2 Å². The highest BCUT2D eigenvalue weighted by Crippen LogP contribution is 2.27. The molecule has 20 heavy (non-hydrogen) atoms. The number of hydrogen-bond acceptors (Lipinski definition) is 4. The Morgan fingerprint density at radius 2 is 2.35 bits per heavy atom. The van der Waals surface area contributed by atoms with Gasteiger partial charge in [-0.05, 0) is 37.6 Å². The third-order valence-corrected chi connectivity index (χ3v) is 4.80. The highest BCUT2D eigenvalue weighted by atomic mass is 32.2. The molecule has 2 rings (SSSR count). The molecule has 0 radical (unpaired) electrons. The highest BCUT2D eigenvalue weighted by molar-refractivity contribution is 7.99. The minimum absolute atomic E-state index is 0.505. The van der Waals surface area contributed by atoms with E-state index in [9.17, 15) is 5.26 Å². The van der Waals surface area contributed by atoms with Crippen molar-refractivity contribution in [2.24, 2.45) is 0 Å². The second-order valence-corrected chi connectivity index (χ2v) is 6.41. The van der Waals surface area contributed by atoms with E-state index in [1.54, 1.807) is 0 Å². The van der Waals surface area contributed by atoms with E-state index in [-0.39, 0.29) is 0 Å². The summed E-state index contributed by atoms with van der Waals surface area (Å²) in [4.78, 5) is 2.37. The SMILES string of the molecule is CCCNCc1ccc(N2CCSCC2C)c(C#N)c1. The molecular weight excluding hydrogens is 266 g/mol. The first-order chi connectivity index (χ1) is 9.76. The Bertz CT molecular complexity index is 481. The van der Waals surface area contributed by atoms with E-state index < -0.39 is 0 Å². The van der Waals surface area contributed by atoms with Crippen LogP contribution in [0.4, 0.5) is 5.69 Å². The van der Waals surface area contributed by atoms with E-state index in [1.807, 2.05) is 17.8 Å². The third-order valence-electron chi connectivity index (χ3n) is 3.61. The predicted molar refractivity (Wildman–Crippen MR) is 87.3 cm³/mol. The minimum atomic E-state index is 0.505. The van der Waals surface area contributed by atoms with Gasteiger partial charge in [0, 0.05) is 30.6 Å². The van der Waals surface area contributed by atoms with Gasteiger partial charge in [-0.15, -0.1) is 0 Å². The Morgan fingerprint density at radius 3 is 3.05 bits per heavy atom. The number of thioether (sulfide) groups is 1. The van der Waals surface area contributed by atoms with Crippen molar-refractivity contribution >= 4 is 17.4 Å². The van der Waals surface area contributed by atoms with Crippen LogP contribution in [-0.4, -0.2) is 30.6 Å². The maximum absolute atomic E-state index is 9.43. The first-order valence-electron chi connectivity index (χ1n) is 7.34. The number of nitrogens with zero attached hydrogens (tertiary/aromatic N) is 2. The van der Waals surface area contributed by atoms with Crippen molar-refractivity contribution in [1.29, 1.82) is 5.26 Å². The molecule has 1 aliphatic heterocycles. The van der Waals surface area contributed by atoms with Crippen molar-refractivity contribution in [2.75, 3.05) is 29.5 Å². The van der Waals surface area contributed by atoms with E-state index in [0.717, 1.165) is 48.8 Å². The second kappa shape index (κ2) is 7.56. The van der Waals surface area contributed by atoms with Crippen molar-refractivity contribution in [3.63, 3.8) is 0 Å². The van der Waals surface area contributed by atoms with Crippen molar-refractivity contribution in [3.05, 3.63) is 29.3 Å². The molecule has 1 fully saturated rings. The standard InChI is InChI=1S/C16H23N3S/c1-3-6-18-11-14-4-5-16(15(9-14)10-17)19-7-8-20-12-13(19)2/h4-5,9,13,18H,3,6-8,11-12H2,1-2H3. The topological polar surface area (TPSA) is 39.1 Å². The summed E-state index contributed by atoms with van der Waals surface area (Å²) >= 11 is 2.00. The number of benzene rings is 1. The molecule has 1 aromatic carbocycles. The molecule has 1 saturated heterocycles. The van der Waals surface area contributed by atoms with E-state index in [0.29, 0.717) is 6.04 Å². The minimum Gasteiger partial charge on any atom is -0.366 e. The fourth-order valence-electron chi connectivity index (χ4n) is 2.53. The molecule has 0 amide bonds. The van der Waals surface area contributed by atoms with Crippen LogP contribution in [0.2, 0.25) is 0 Å². The predicted octanol–water partition coefficient (Wildman–Crippen LogP) is 3.00. The lowest BCUT2D eigenvalue weighted by Crippen LogP contribution is -2.40. The molecule has 4 heteroatoms. The largest absolute Gasteiger partial charge is 0.366 e. The summed E-state index contributed by atoms with van der Waals surface area (Å²) in [5.41, 5.74) is 3.09. The number of hydrogen-bond donors (Lipinski definition) is 1. The Hall–Kier alpha value is -1.18. The molecule has 1 heterocycles. The maximum atomic E-state index is 9.43. The Morgan fingerprint density at radius 1 is 1.50 bits per heavy atom. The molecule has 0 spiro atoms. The molecule has 0 saturated carbocycles. The van der Waals surface area contributed by atoms with Gasteiger partial charge in [0.25, 0.3) is 0 Å². The van der Waals surface area contributed by atoms with Gasteiger partial charge in [-0.1, -0.05) is 13.0 Å². The summed E-state index contributed by atoms with van der Waals surface area (Å²) < 4.78 is 0. The molecular formula is C16H23N3S. The number of rotatable bonds is 5. The van der Waals surface area contributed by atoms with Gasteiger partial charge in [-0.3, -0.25) is 0 Å². The second-order valence-electron chi connectivity index (χ2n) is 5.26. The van der Waals surface area contributed by atoms with E-state index in [1.165, 1.54) is 5.56 Å². The Kier molecular flexibility index (Phi) is 5.75. The zero-order valence-corrected chi connectivity index (χ0v) is 13.2. The number of nitrogens with one attached hydrogen (secondary N) is 1. The fourth-order valence-corrected chi connectivity index (χ4v) is 3.54. The van der Waals surface area contributed by atoms with Crippen molar-refractivity contribution < 1.29 is 0 Å². The van der Waals surface area contributed by atoms with Gasteiger partial charge in [0.1, 0.15) is 6.07 Å². The molecule has 1 aliphatic rings. The first-order valence-corrected chi connectivity index (χ1v) is 8.50. The molecule has 1 aromatic rings. The summed E-state index contributed by atoms with van der Waals surface area (Å²) in [6.07, 6.45) is 1.13. The average Bonchev–Trinajstić information content (AvgIpc) is 2.48. The molecule has 108 valence electrons. The third kappa shape index (κ3) is 3.68. The molecule has 3 nitrogen and oxygen atoms in total. The van der Waals surface area contributed by atoms with Crippen LogP contribution in [0.15, 0.2) is 18.2 Å². The summed E-state index contributed by atoms with van der Waals surface area (Å²) in [6, 6.07) is 9.17. The van der Waals surface area contributed by atoms with Gasteiger partial charge < -0.3 is 10.2 Å². The smallest absolute Gasteiger partial charge is 0.101 e. The number of nitriles is 1. The van der Waals surface area contributed by atoms with Gasteiger partial charge in [-0.2, -0.15) is 17.0 Å². The quantitative estimate of drug-likeness (QED) is 0.846. The average molecular weight is 289 g/mol. The lowest BCUT2D eigenvalue weighted by Gasteiger charge is -2.35. The van der Waals surface area contributed by atoms with Crippen LogP contribution in [0.3, 0.4) is 0 Å². The maximum Gasteiger partial charge on any atom is 0.101 e. The monoisotopic (exact) mass is 289 g/mol. The molecule has 1 N–H and O–H groups in total. The highest BCUT2D eigenvalue weighted by Gasteiger charge is 2.21. The summed E-state index contributed by atoms with van der Waals surface area (Å²) in [5, 5.41) is 12.8. The summed E-state index contributed by atoms with van der Waals surface area (Å²) in [7, 11) is 0. The van der Waals surface area contributed by atoms with Crippen LogP contribution in [0.5, 0.6) is 0 Å². The lowest BCUT2D eigenvalue weighted by molar-refractivity contribution is 0.674. The molecule has 0 aromatic heterocycles. The van der Waals surface area contributed by atoms with Crippen molar-refractivity contribution in [2.45, 2.75) is 32.9 Å². The van der Waals surface area contributed by atoms with Crippen molar-refractivity contribution in [1.82, 2.24) is 5.32 Å². The van der Waals surface area contributed by atoms with Crippen LogP contribution >= 0.6 is 11.8 Å². The van der Waals surface area contributed by atoms with Gasteiger partial charge in [0.05, 0.1) is 11.3 Å². The molecule has 1 unspecified atom stereocenters. The van der Waals surface area contributed by atoms with Crippen LogP contribution in [0, 0.1) is 11.3 Å². The molecule has 0 aliphatic carbocycles. The van der Waals surface area contributed by atoms with Crippen molar-refractivity contribution in [3.8, 4) is 6.07 Å². The van der Waals surface area contributed by atoms with E-state index >= 15 is 0 Å².